The van der Waals surface area contributed by atoms with Crippen LogP contribution in [0.5, 0.6) is 0 Å². The fraction of sp³-hybridized carbons (Fsp3) is 0.667. The maximum Gasteiger partial charge on any atom is 0.289 e. The van der Waals surface area contributed by atoms with Crippen molar-refractivity contribution >= 4 is 5.69 Å². The van der Waals surface area contributed by atoms with Crippen LogP contribution < -0.4 is 11.3 Å². The molecule has 0 radical (unpaired) electrons. The first kappa shape index (κ1) is 8.41. The zero-order chi connectivity index (χ0) is 9.59. The summed E-state index contributed by atoms with van der Waals surface area (Å²) in [6.07, 6.45) is 2.35. The van der Waals surface area contributed by atoms with Gasteiger partial charge in [-0.15, -0.1) is 0 Å². The Balaban J connectivity index is 2.63. The van der Waals surface area contributed by atoms with E-state index in [1.807, 2.05) is 11.6 Å². The van der Waals surface area contributed by atoms with Gasteiger partial charge in [-0.25, -0.2) is 0 Å². The van der Waals surface area contributed by atoms with Crippen LogP contribution in [0.15, 0.2) is 4.79 Å². The first-order valence-corrected chi connectivity index (χ1v) is 4.72. The van der Waals surface area contributed by atoms with Gasteiger partial charge in [0.15, 0.2) is 0 Å². The highest BCUT2D eigenvalue weighted by Gasteiger charge is 2.31. The van der Waals surface area contributed by atoms with Crippen molar-refractivity contribution in [3.63, 3.8) is 0 Å². The summed E-state index contributed by atoms with van der Waals surface area (Å²) in [5.74, 6) is 0.536. The zero-order valence-electron chi connectivity index (χ0n) is 8.08. The molecule has 72 valence electrons. The third-order valence-corrected chi connectivity index (χ3v) is 2.70. The number of nitrogens with zero attached hydrogens (tertiary/aromatic N) is 2. The Morgan fingerprint density at radius 2 is 2.15 bits per heavy atom. The monoisotopic (exact) mass is 181 g/mol. The summed E-state index contributed by atoms with van der Waals surface area (Å²) >= 11 is 0. The smallest absolute Gasteiger partial charge is 0.289 e. The topological polar surface area (TPSA) is 52.9 Å². The Morgan fingerprint density at radius 1 is 1.54 bits per heavy atom. The number of hydrogen-bond donors (Lipinski definition) is 1. The fourth-order valence-electron chi connectivity index (χ4n) is 1.86. The molecule has 0 bridgehead atoms. The number of nitrogens with two attached hydrogens (primary N) is 1. The molecule has 4 heteroatoms. The SMILES string of the molecule is CCn1c(C2CC2)c(N)c(=O)n1C. The van der Waals surface area contributed by atoms with E-state index in [9.17, 15) is 4.79 Å². The summed E-state index contributed by atoms with van der Waals surface area (Å²) in [5.41, 5.74) is 7.22. The van der Waals surface area contributed by atoms with Crippen molar-refractivity contribution in [3.05, 3.63) is 16.0 Å². The van der Waals surface area contributed by atoms with Gasteiger partial charge in [-0.1, -0.05) is 0 Å². The van der Waals surface area contributed by atoms with Gasteiger partial charge in [0.2, 0.25) is 0 Å². The normalized spacial score (nSPS) is 16.5. The van der Waals surface area contributed by atoms with Crippen molar-refractivity contribution in [2.24, 2.45) is 7.05 Å². The lowest BCUT2D eigenvalue weighted by Gasteiger charge is -2.07. The quantitative estimate of drug-likeness (QED) is 0.729. The van der Waals surface area contributed by atoms with E-state index in [1.54, 1.807) is 11.7 Å². The molecule has 0 amide bonds. The molecule has 0 spiro atoms. The molecule has 0 aliphatic heterocycles. The lowest BCUT2D eigenvalue weighted by Crippen LogP contribution is -2.19. The molecular formula is C9H15N3O. The predicted octanol–water partition coefficient (Wildman–Crippen LogP) is 0.666. The molecule has 13 heavy (non-hydrogen) atoms. The maximum absolute atomic E-state index is 11.5. The van der Waals surface area contributed by atoms with E-state index < -0.39 is 0 Å². The van der Waals surface area contributed by atoms with E-state index in [1.165, 1.54) is 12.8 Å². The highest BCUT2D eigenvalue weighted by atomic mass is 16.1. The fourth-order valence-corrected chi connectivity index (χ4v) is 1.86. The van der Waals surface area contributed by atoms with Gasteiger partial charge in [0.05, 0.1) is 5.69 Å². The van der Waals surface area contributed by atoms with Crippen LogP contribution in [-0.2, 0) is 13.6 Å². The molecule has 1 aromatic rings. The van der Waals surface area contributed by atoms with Gasteiger partial charge in [0, 0.05) is 19.5 Å². The molecule has 4 nitrogen and oxygen atoms in total. The average molecular weight is 181 g/mol. The van der Waals surface area contributed by atoms with Crippen molar-refractivity contribution in [1.82, 2.24) is 9.36 Å². The first-order chi connectivity index (χ1) is 6.16. The van der Waals surface area contributed by atoms with Crippen LogP contribution in [0.4, 0.5) is 5.69 Å². The summed E-state index contributed by atoms with van der Waals surface area (Å²) in [6, 6.07) is 0. The van der Waals surface area contributed by atoms with Crippen LogP contribution in [0.25, 0.3) is 0 Å². The van der Waals surface area contributed by atoms with Gasteiger partial charge >= 0.3 is 0 Å². The Bertz CT molecular complexity index is 384. The Morgan fingerprint density at radius 3 is 2.62 bits per heavy atom. The molecule has 1 fully saturated rings. The second kappa shape index (κ2) is 2.65. The van der Waals surface area contributed by atoms with Crippen molar-refractivity contribution in [3.8, 4) is 0 Å². The Kier molecular flexibility index (Phi) is 1.71. The van der Waals surface area contributed by atoms with Crippen LogP contribution in [-0.4, -0.2) is 9.36 Å². The van der Waals surface area contributed by atoms with Crippen LogP contribution >= 0.6 is 0 Å². The van der Waals surface area contributed by atoms with Gasteiger partial charge < -0.3 is 5.73 Å². The van der Waals surface area contributed by atoms with Gasteiger partial charge in [-0.05, 0) is 19.8 Å². The molecule has 0 unspecified atom stereocenters. The number of hydrogen-bond acceptors (Lipinski definition) is 2. The molecule has 1 aliphatic carbocycles. The number of anilines is 1. The molecule has 1 aromatic heterocycles. The highest BCUT2D eigenvalue weighted by Crippen LogP contribution is 2.41. The number of rotatable bonds is 2. The molecule has 0 aromatic carbocycles. The van der Waals surface area contributed by atoms with Gasteiger partial charge in [-0.2, -0.15) is 0 Å². The Labute approximate surface area is 76.9 Å². The van der Waals surface area contributed by atoms with Crippen molar-refractivity contribution in [2.75, 3.05) is 5.73 Å². The van der Waals surface area contributed by atoms with E-state index in [2.05, 4.69) is 0 Å². The maximum atomic E-state index is 11.5. The predicted molar refractivity (Wildman–Crippen MR) is 51.7 cm³/mol. The van der Waals surface area contributed by atoms with Crippen LogP contribution in [0.2, 0.25) is 0 Å². The van der Waals surface area contributed by atoms with Crippen molar-refractivity contribution in [2.45, 2.75) is 32.2 Å². The lowest BCUT2D eigenvalue weighted by atomic mass is 10.2. The lowest BCUT2D eigenvalue weighted by molar-refractivity contribution is 0.503. The minimum absolute atomic E-state index is 0.0521. The van der Waals surface area contributed by atoms with E-state index in [0.29, 0.717) is 11.6 Å². The van der Waals surface area contributed by atoms with Crippen molar-refractivity contribution in [1.29, 1.82) is 0 Å². The van der Waals surface area contributed by atoms with Gasteiger partial charge in [-0.3, -0.25) is 14.2 Å². The summed E-state index contributed by atoms with van der Waals surface area (Å²) in [6.45, 7) is 2.85. The minimum Gasteiger partial charge on any atom is -0.393 e. The van der Waals surface area contributed by atoms with Gasteiger partial charge in [0.25, 0.3) is 5.56 Å². The number of aromatic nitrogens is 2. The second-order valence-electron chi connectivity index (χ2n) is 3.62. The molecule has 1 aliphatic rings. The second-order valence-corrected chi connectivity index (χ2v) is 3.62. The first-order valence-electron chi connectivity index (χ1n) is 4.72. The summed E-state index contributed by atoms with van der Waals surface area (Å²) in [7, 11) is 1.77. The van der Waals surface area contributed by atoms with E-state index in [4.69, 9.17) is 5.73 Å². The number of nitrogen functional groups attached to an aromatic ring is 1. The van der Waals surface area contributed by atoms with Crippen LogP contribution in [0.3, 0.4) is 0 Å². The van der Waals surface area contributed by atoms with E-state index in [-0.39, 0.29) is 5.56 Å². The van der Waals surface area contributed by atoms with Crippen LogP contribution in [0, 0.1) is 0 Å². The third kappa shape index (κ3) is 1.08. The molecule has 2 N–H and O–H groups in total. The highest BCUT2D eigenvalue weighted by molar-refractivity contribution is 5.45. The van der Waals surface area contributed by atoms with Crippen molar-refractivity contribution < 1.29 is 0 Å². The molecule has 0 saturated heterocycles. The average Bonchev–Trinajstić information content (AvgIpc) is 2.90. The van der Waals surface area contributed by atoms with E-state index in [0.717, 1.165) is 12.2 Å². The molecule has 1 heterocycles. The summed E-state index contributed by atoms with van der Waals surface area (Å²) < 4.78 is 3.60. The van der Waals surface area contributed by atoms with Crippen LogP contribution in [0.1, 0.15) is 31.4 Å². The van der Waals surface area contributed by atoms with E-state index >= 15 is 0 Å². The molecular weight excluding hydrogens is 166 g/mol. The summed E-state index contributed by atoms with van der Waals surface area (Å²) in [4.78, 5) is 11.5. The standard InChI is InChI=1S/C9H15N3O/c1-3-12-8(6-4-5-6)7(10)9(13)11(12)2/h6H,3-5,10H2,1-2H3. The molecule has 1 saturated carbocycles. The largest absolute Gasteiger partial charge is 0.393 e. The zero-order valence-corrected chi connectivity index (χ0v) is 8.08. The molecule has 2 rings (SSSR count). The molecule has 0 atom stereocenters. The third-order valence-electron chi connectivity index (χ3n) is 2.70. The van der Waals surface area contributed by atoms with Gasteiger partial charge in [0.1, 0.15) is 5.69 Å². The Hall–Kier alpha value is -1.19. The minimum atomic E-state index is -0.0521. The summed E-state index contributed by atoms with van der Waals surface area (Å²) in [5, 5.41) is 0.